The van der Waals surface area contributed by atoms with E-state index in [0.717, 1.165) is 62.0 Å². The van der Waals surface area contributed by atoms with Gasteiger partial charge in [-0.1, -0.05) is 75.9 Å². The van der Waals surface area contributed by atoms with Crippen LogP contribution in [0.2, 0.25) is 0 Å². The molecule has 2 aromatic carbocycles. The first kappa shape index (κ1) is 34.9. The number of rotatable bonds is 17. The molecular weight excluding hydrogens is 600 g/mol. The van der Waals surface area contributed by atoms with Crippen molar-refractivity contribution in [1.29, 1.82) is 0 Å². The molecule has 6 nitrogen and oxygen atoms in total. The molecule has 0 aliphatic rings. The molecule has 6 aromatic rings. The van der Waals surface area contributed by atoms with Crippen molar-refractivity contribution < 1.29 is 0 Å². The molecule has 0 spiro atoms. The number of nitrogens with one attached hydrogen (secondary N) is 2. The second kappa shape index (κ2) is 16.6. The van der Waals surface area contributed by atoms with Gasteiger partial charge in [-0.3, -0.25) is 9.97 Å². The predicted molar refractivity (Wildman–Crippen MR) is 203 cm³/mol. The maximum atomic E-state index is 5.01. The van der Waals surface area contributed by atoms with Crippen molar-refractivity contribution in [2.24, 2.45) is 0 Å². The van der Waals surface area contributed by atoms with Gasteiger partial charge in [0.2, 0.25) is 0 Å². The average molecular weight is 653 g/mol. The maximum absolute atomic E-state index is 5.01. The minimum absolute atomic E-state index is 0. The smallest absolute Gasteiger partial charge is 0.0707 e. The average Bonchev–Trinajstić information content (AvgIpc) is 3.56. The summed E-state index contributed by atoms with van der Waals surface area (Å²) in [7, 11) is 0. The Kier molecular flexibility index (Phi) is 12.3. The molecule has 7 heteroatoms. The normalized spacial score (nSPS) is 11.7. The second-order valence-electron chi connectivity index (χ2n) is 13.0. The van der Waals surface area contributed by atoms with E-state index in [9.17, 15) is 0 Å². The molecule has 0 saturated carbocycles. The lowest BCUT2D eigenvalue weighted by atomic mass is 10.1. The van der Waals surface area contributed by atoms with Gasteiger partial charge in [0.05, 0.1) is 33.8 Å². The Bertz CT molecular complexity index is 1780. The Labute approximate surface area is 286 Å². The SMILES string of the molecule is CCCCn1c2ccccc2c2cc(CNCCCCCCNCc3cc4c5ccccc5n(CCCC)c4c(C)n3)nc(C)c21.Cl. The minimum atomic E-state index is 0. The Hall–Kier alpha value is -3.45. The third kappa shape index (κ3) is 7.66. The lowest BCUT2D eigenvalue weighted by Gasteiger charge is -2.10. The van der Waals surface area contributed by atoms with E-state index in [1.807, 2.05) is 0 Å². The first-order valence-electron chi connectivity index (χ1n) is 17.8. The number of para-hydroxylation sites is 2. The van der Waals surface area contributed by atoms with E-state index >= 15 is 0 Å². The van der Waals surface area contributed by atoms with Crippen molar-refractivity contribution in [3.63, 3.8) is 0 Å². The fraction of sp³-hybridized carbons (Fsp3) is 0.450. The fourth-order valence-electron chi connectivity index (χ4n) is 7.23. The zero-order valence-corrected chi connectivity index (χ0v) is 29.7. The quantitative estimate of drug-likeness (QED) is 0.0963. The monoisotopic (exact) mass is 652 g/mol. The van der Waals surface area contributed by atoms with Crippen molar-refractivity contribution >= 4 is 56.0 Å². The summed E-state index contributed by atoms with van der Waals surface area (Å²) in [5, 5.41) is 12.7. The molecule has 0 radical (unpaired) electrons. The highest BCUT2D eigenvalue weighted by Gasteiger charge is 2.15. The Morgan fingerprint density at radius 1 is 0.553 bits per heavy atom. The van der Waals surface area contributed by atoms with E-state index in [1.165, 1.54) is 95.0 Å². The van der Waals surface area contributed by atoms with E-state index < -0.39 is 0 Å². The number of halogens is 1. The number of fused-ring (bicyclic) bond motifs is 6. The van der Waals surface area contributed by atoms with Crippen LogP contribution in [0, 0.1) is 13.8 Å². The summed E-state index contributed by atoms with van der Waals surface area (Å²) in [4.78, 5) is 10.0. The second-order valence-corrected chi connectivity index (χ2v) is 13.0. The van der Waals surface area contributed by atoms with Crippen LogP contribution < -0.4 is 10.6 Å². The van der Waals surface area contributed by atoms with Gasteiger partial charge in [-0.05, 0) is 76.9 Å². The van der Waals surface area contributed by atoms with E-state index in [0.29, 0.717) is 0 Å². The summed E-state index contributed by atoms with van der Waals surface area (Å²) in [6.45, 7) is 14.7. The number of benzene rings is 2. The molecule has 2 N–H and O–H groups in total. The van der Waals surface area contributed by atoms with Crippen LogP contribution in [0.4, 0.5) is 0 Å². The number of hydrogen-bond acceptors (Lipinski definition) is 4. The van der Waals surface area contributed by atoms with Gasteiger partial charge in [0.25, 0.3) is 0 Å². The van der Waals surface area contributed by atoms with Crippen LogP contribution in [0.5, 0.6) is 0 Å². The molecule has 0 bridgehead atoms. The summed E-state index contributed by atoms with van der Waals surface area (Å²) in [6, 6.07) is 22.3. The van der Waals surface area contributed by atoms with Gasteiger partial charge in [0, 0.05) is 58.8 Å². The lowest BCUT2D eigenvalue weighted by Crippen LogP contribution is -2.17. The van der Waals surface area contributed by atoms with Crippen molar-refractivity contribution in [3.8, 4) is 0 Å². The molecule has 0 atom stereocenters. The van der Waals surface area contributed by atoms with Gasteiger partial charge in [0.15, 0.2) is 0 Å². The van der Waals surface area contributed by atoms with Crippen molar-refractivity contribution in [2.45, 2.75) is 105 Å². The topological polar surface area (TPSA) is 59.7 Å². The number of nitrogens with zero attached hydrogens (tertiary/aromatic N) is 4. The minimum Gasteiger partial charge on any atom is -0.339 e. The lowest BCUT2D eigenvalue weighted by molar-refractivity contribution is 0.559. The molecule has 0 aliphatic carbocycles. The molecule has 0 saturated heterocycles. The van der Waals surface area contributed by atoms with Crippen LogP contribution >= 0.6 is 12.4 Å². The number of unbranched alkanes of at least 4 members (excludes halogenated alkanes) is 5. The van der Waals surface area contributed by atoms with E-state index in [4.69, 9.17) is 9.97 Å². The Morgan fingerprint density at radius 2 is 0.979 bits per heavy atom. The molecule has 0 aliphatic heterocycles. The van der Waals surface area contributed by atoms with Crippen LogP contribution in [-0.4, -0.2) is 32.2 Å². The van der Waals surface area contributed by atoms with E-state index in [2.05, 4.69) is 108 Å². The summed E-state index contributed by atoms with van der Waals surface area (Å²) in [6.07, 6.45) is 9.63. The van der Waals surface area contributed by atoms with Gasteiger partial charge in [-0.15, -0.1) is 12.4 Å². The zero-order valence-electron chi connectivity index (χ0n) is 28.9. The number of hydrogen-bond donors (Lipinski definition) is 2. The van der Waals surface area contributed by atoms with Gasteiger partial charge in [-0.2, -0.15) is 0 Å². The molecule has 250 valence electrons. The van der Waals surface area contributed by atoms with E-state index in [1.54, 1.807) is 0 Å². The Balaban J connectivity index is 0.00000433. The Morgan fingerprint density at radius 3 is 1.40 bits per heavy atom. The summed E-state index contributed by atoms with van der Waals surface area (Å²) in [5.74, 6) is 0. The first-order chi connectivity index (χ1) is 22.6. The summed E-state index contributed by atoms with van der Waals surface area (Å²) >= 11 is 0. The molecule has 0 unspecified atom stereocenters. The van der Waals surface area contributed by atoms with Gasteiger partial charge in [-0.25, -0.2) is 0 Å². The maximum Gasteiger partial charge on any atom is 0.0707 e. The third-order valence-electron chi connectivity index (χ3n) is 9.49. The van der Waals surface area contributed by atoms with Gasteiger partial charge < -0.3 is 19.8 Å². The molecule has 0 fully saturated rings. The van der Waals surface area contributed by atoms with Gasteiger partial charge in [0.1, 0.15) is 0 Å². The zero-order chi connectivity index (χ0) is 31.9. The standard InChI is InChI=1S/C40H52N6.ClH/c1-5-7-23-45-37-19-13-11-17-33(37)35-25-31(43-29(3)39(35)45)27-41-21-15-9-10-16-22-42-28-32-26-36-34-18-12-14-20-38(34)46(24-8-6-2)40(36)30(4)44-32;/h11-14,17-20,25-26,41-42H,5-10,15-16,21-24,27-28H2,1-4H3;1H. The third-order valence-corrected chi connectivity index (χ3v) is 9.49. The largest absolute Gasteiger partial charge is 0.339 e. The summed E-state index contributed by atoms with van der Waals surface area (Å²) in [5.41, 5.74) is 9.81. The highest BCUT2D eigenvalue weighted by molar-refractivity contribution is 6.09. The van der Waals surface area contributed by atoms with Crippen LogP contribution in [0.3, 0.4) is 0 Å². The first-order valence-corrected chi connectivity index (χ1v) is 17.8. The van der Waals surface area contributed by atoms with Gasteiger partial charge >= 0.3 is 0 Å². The van der Waals surface area contributed by atoms with Crippen LogP contribution in [0.15, 0.2) is 60.7 Å². The number of aromatic nitrogens is 4. The highest BCUT2D eigenvalue weighted by Crippen LogP contribution is 2.33. The molecule has 0 amide bonds. The van der Waals surface area contributed by atoms with Crippen molar-refractivity contribution in [2.75, 3.05) is 13.1 Å². The van der Waals surface area contributed by atoms with E-state index in [-0.39, 0.29) is 12.4 Å². The number of aryl methyl sites for hydroxylation is 4. The van der Waals surface area contributed by atoms with Crippen molar-refractivity contribution in [1.82, 2.24) is 29.7 Å². The molecule has 4 heterocycles. The molecule has 47 heavy (non-hydrogen) atoms. The van der Waals surface area contributed by atoms with Crippen LogP contribution in [0.25, 0.3) is 43.6 Å². The highest BCUT2D eigenvalue weighted by atomic mass is 35.5. The molecule has 4 aromatic heterocycles. The fourth-order valence-corrected chi connectivity index (χ4v) is 7.23. The molecular formula is C40H53ClN6. The van der Waals surface area contributed by atoms with Crippen molar-refractivity contribution in [3.05, 3.63) is 83.4 Å². The predicted octanol–water partition coefficient (Wildman–Crippen LogP) is 9.77. The summed E-state index contributed by atoms with van der Waals surface area (Å²) < 4.78 is 4.96. The van der Waals surface area contributed by atoms with Crippen LogP contribution in [0.1, 0.15) is 88.0 Å². The number of pyridine rings is 2. The molecule has 6 rings (SSSR count). The van der Waals surface area contributed by atoms with Crippen LogP contribution in [-0.2, 0) is 26.2 Å².